The lowest BCUT2D eigenvalue weighted by Crippen LogP contribution is -2.61. The molecule has 87 heavy (non-hydrogen) atoms. The molecule has 0 radical (unpaired) electrons. The number of benzene rings is 1. The Morgan fingerprint density at radius 2 is 1.05 bits per heavy atom. The smallest absolute Gasteiger partial charge is 0.326 e. The van der Waals surface area contributed by atoms with Gasteiger partial charge in [0.15, 0.2) is 11.9 Å². The van der Waals surface area contributed by atoms with Crippen LogP contribution in [-0.4, -0.2) is 194 Å². The van der Waals surface area contributed by atoms with Gasteiger partial charge in [-0.1, -0.05) is 64.4 Å². The highest BCUT2D eigenvalue weighted by atomic mass is 16.4. The Labute approximate surface area is 502 Å². The lowest BCUT2D eigenvalue weighted by atomic mass is 9.99. The molecule has 1 aromatic rings. The van der Waals surface area contributed by atoms with E-state index in [0.717, 1.165) is 4.90 Å². The van der Waals surface area contributed by atoms with Crippen LogP contribution in [-0.2, 0) is 68.7 Å². The number of hydrogen-bond acceptors (Lipinski definition) is 16. The molecule has 0 spiro atoms. The van der Waals surface area contributed by atoms with Crippen LogP contribution in [0.2, 0.25) is 0 Å². The van der Waals surface area contributed by atoms with Crippen molar-refractivity contribution in [1.82, 2.24) is 47.4 Å². The average Bonchev–Trinajstić information content (AvgIpc) is 2.61. The SMILES string of the molecule is CC[C@H](C)[C@H](NC(=O)[C@H](C)NC(=O)[C@@H](NC(=O)[C@H](CCC(=O)O)NC(=O)[C@H](CCC(=O)O)NC(=O)[C@@H]1CCCN1C(=O)[C@H](Cc1ccccc1)NC(=O)[C@H](CC(=O)O)NC(=O)[C@H](CCCN=C(N)N)NC(=O)[C@@H](N)CCCN=C(N)N)C(C)C)C(=O)O. The van der Waals surface area contributed by atoms with Crippen LogP contribution in [0.25, 0.3) is 0 Å². The van der Waals surface area contributed by atoms with Gasteiger partial charge in [-0.3, -0.25) is 67.5 Å². The standard InChI is InChI=1S/C54H86N16O17/c1-6-28(4)42(52(86)87)69-43(77)29(5)62-50(84)41(27(2)3)68-47(81)34(19-21-39(73)74)64-46(80)33(18-20-38(71)72)65-49(83)37-17-12-24-70(37)51(85)36(25-30-13-8-7-9-14-30)67-48(82)35(26-40(75)76)66-45(79)32(16-11-23-61-54(58)59)63-44(78)31(55)15-10-22-60-53(56)57/h7-9,13-14,27-29,31-37,41-42H,6,10-12,15-26,55H2,1-5H3,(H,62,84)(H,63,78)(H,64,80)(H,65,83)(H,66,79)(H,67,82)(H,68,81)(H,69,77)(H,71,72)(H,73,74)(H,75,76)(H,86,87)(H4,56,57,60)(H4,58,59,61)/t28-,29-,31-,32-,33-,34-,35-,36-,37-,41-,42-/m0/s1. The summed E-state index contributed by atoms with van der Waals surface area (Å²) in [6.07, 6.45) is -3.04. The zero-order chi connectivity index (χ0) is 65.7. The monoisotopic (exact) mass is 1230 g/mol. The van der Waals surface area contributed by atoms with Crippen molar-refractivity contribution in [1.29, 1.82) is 0 Å². The van der Waals surface area contributed by atoms with Crippen molar-refractivity contribution in [2.24, 2.45) is 50.5 Å². The van der Waals surface area contributed by atoms with Crippen molar-refractivity contribution in [2.75, 3.05) is 19.6 Å². The Morgan fingerprint density at radius 3 is 1.56 bits per heavy atom. The Hall–Kier alpha value is -9.17. The predicted molar refractivity (Wildman–Crippen MR) is 312 cm³/mol. The first-order valence-corrected chi connectivity index (χ1v) is 28.4. The molecule has 22 N–H and O–H groups in total. The van der Waals surface area contributed by atoms with Crippen LogP contribution < -0.4 is 71.2 Å². The molecule has 1 heterocycles. The zero-order valence-electron chi connectivity index (χ0n) is 49.5. The van der Waals surface area contributed by atoms with E-state index in [-0.39, 0.29) is 76.5 Å². The number of nitrogens with two attached hydrogens (primary N) is 5. The van der Waals surface area contributed by atoms with Gasteiger partial charge >= 0.3 is 23.9 Å². The Kier molecular flexibility index (Phi) is 31.7. The summed E-state index contributed by atoms with van der Waals surface area (Å²) in [5, 5.41) is 58.2. The second-order valence-corrected chi connectivity index (χ2v) is 21.3. The van der Waals surface area contributed by atoms with E-state index in [1.165, 1.54) is 20.8 Å². The summed E-state index contributed by atoms with van der Waals surface area (Å²) in [6.45, 7) is 7.70. The first kappa shape index (κ1) is 73.9. The molecular weight excluding hydrogens is 1140 g/mol. The molecule has 9 amide bonds. The van der Waals surface area contributed by atoms with E-state index in [0.29, 0.717) is 12.0 Å². The number of aliphatic imine (C=N–C) groups is 2. The third kappa shape index (κ3) is 26.7. The molecule has 1 aliphatic rings. The molecule has 1 saturated heterocycles. The maximum Gasteiger partial charge on any atom is 0.326 e. The van der Waals surface area contributed by atoms with Crippen LogP contribution >= 0.6 is 0 Å². The number of carbonyl (C=O) groups excluding carboxylic acids is 9. The number of rotatable bonds is 39. The van der Waals surface area contributed by atoms with Crippen molar-refractivity contribution < 1.29 is 82.8 Å². The normalized spacial score (nSPS) is 16.2. The number of nitrogens with one attached hydrogen (secondary N) is 8. The number of carboxylic acids is 4. The van der Waals surface area contributed by atoms with E-state index in [1.54, 1.807) is 44.2 Å². The van der Waals surface area contributed by atoms with Gasteiger partial charge in [0.25, 0.3) is 0 Å². The molecule has 11 atom stereocenters. The number of carbonyl (C=O) groups is 13. The summed E-state index contributed by atoms with van der Waals surface area (Å²) >= 11 is 0. The van der Waals surface area contributed by atoms with Gasteiger partial charge in [-0.05, 0) is 75.7 Å². The summed E-state index contributed by atoms with van der Waals surface area (Å²) in [5.74, 6) is -16.2. The fourth-order valence-corrected chi connectivity index (χ4v) is 8.92. The zero-order valence-corrected chi connectivity index (χ0v) is 49.5. The average molecular weight is 1230 g/mol. The number of aliphatic carboxylic acids is 4. The van der Waals surface area contributed by atoms with Gasteiger partial charge in [-0.25, -0.2) is 4.79 Å². The number of guanidine groups is 2. The highest BCUT2D eigenvalue weighted by Gasteiger charge is 2.41. The molecule has 0 bridgehead atoms. The van der Waals surface area contributed by atoms with Crippen molar-refractivity contribution in [3.63, 3.8) is 0 Å². The minimum Gasteiger partial charge on any atom is -0.481 e. The molecule has 0 unspecified atom stereocenters. The van der Waals surface area contributed by atoms with E-state index >= 15 is 0 Å². The molecule has 2 rings (SSSR count). The number of amides is 9. The largest absolute Gasteiger partial charge is 0.481 e. The molecule has 0 aliphatic carbocycles. The molecule has 1 aromatic carbocycles. The maximum atomic E-state index is 14.7. The molecular formula is C54H86N16O17. The molecule has 1 aliphatic heterocycles. The second-order valence-electron chi connectivity index (χ2n) is 21.3. The molecule has 0 aromatic heterocycles. The second kappa shape index (κ2) is 37.3. The van der Waals surface area contributed by atoms with Gasteiger partial charge in [-0.2, -0.15) is 0 Å². The van der Waals surface area contributed by atoms with Crippen LogP contribution in [0.1, 0.15) is 117 Å². The van der Waals surface area contributed by atoms with Gasteiger partial charge in [-0.15, -0.1) is 0 Å². The summed E-state index contributed by atoms with van der Waals surface area (Å²) in [7, 11) is 0. The Bertz CT molecular complexity index is 2630. The van der Waals surface area contributed by atoms with Crippen LogP contribution in [0.15, 0.2) is 40.3 Å². The molecule has 33 nitrogen and oxygen atoms in total. The summed E-state index contributed by atoms with van der Waals surface area (Å²) in [6, 6.07) is -6.79. The van der Waals surface area contributed by atoms with Crippen LogP contribution in [0.3, 0.4) is 0 Å². The van der Waals surface area contributed by atoms with E-state index in [4.69, 9.17) is 28.7 Å². The van der Waals surface area contributed by atoms with Crippen molar-refractivity contribution in [3.05, 3.63) is 35.9 Å². The minimum absolute atomic E-state index is 0.00179. The van der Waals surface area contributed by atoms with Crippen molar-refractivity contribution in [2.45, 2.75) is 179 Å². The fraction of sp³-hybridized carbons (Fsp3) is 0.611. The third-order valence-electron chi connectivity index (χ3n) is 14.0. The van der Waals surface area contributed by atoms with Crippen LogP contribution in [0.5, 0.6) is 0 Å². The van der Waals surface area contributed by atoms with Crippen molar-refractivity contribution >= 4 is 89.0 Å². The number of hydrogen-bond donors (Lipinski definition) is 17. The van der Waals surface area contributed by atoms with Gasteiger partial charge in [0.1, 0.15) is 54.4 Å². The lowest BCUT2D eigenvalue weighted by molar-refractivity contribution is -0.144. The summed E-state index contributed by atoms with van der Waals surface area (Å²) < 4.78 is 0. The quantitative estimate of drug-likeness (QED) is 0.0168. The van der Waals surface area contributed by atoms with E-state index < -0.39 is 181 Å². The number of likely N-dealkylation sites (tertiary alicyclic amines) is 1. The molecule has 0 saturated carbocycles. The maximum absolute atomic E-state index is 14.7. The summed E-state index contributed by atoms with van der Waals surface area (Å²) in [4.78, 5) is 182. The Balaban J connectivity index is 2.47. The molecule has 1 fully saturated rings. The van der Waals surface area contributed by atoms with Crippen LogP contribution in [0.4, 0.5) is 0 Å². The molecule has 484 valence electrons. The highest BCUT2D eigenvalue weighted by Crippen LogP contribution is 2.21. The van der Waals surface area contributed by atoms with Gasteiger partial charge < -0.3 is 96.5 Å². The topological polar surface area (TPSA) is 557 Å². The van der Waals surface area contributed by atoms with Gasteiger partial charge in [0.2, 0.25) is 53.2 Å². The van der Waals surface area contributed by atoms with E-state index in [9.17, 15) is 82.8 Å². The van der Waals surface area contributed by atoms with Gasteiger partial charge in [0, 0.05) is 38.9 Å². The van der Waals surface area contributed by atoms with E-state index in [2.05, 4.69) is 52.5 Å². The first-order valence-electron chi connectivity index (χ1n) is 28.4. The highest BCUT2D eigenvalue weighted by molar-refractivity contribution is 5.99. The molecule has 33 heteroatoms. The minimum atomic E-state index is -1.89. The predicted octanol–water partition coefficient (Wildman–Crippen LogP) is -4.46. The lowest BCUT2D eigenvalue weighted by Gasteiger charge is -2.31. The van der Waals surface area contributed by atoms with Crippen molar-refractivity contribution in [3.8, 4) is 0 Å². The fourth-order valence-electron chi connectivity index (χ4n) is 8.92. The summed E-state index contributed by atoms with van der Waals surface area (Å²) in [5.41, 5.74) is 28.1. The first-order chi connectivity index (χ1) is 40.9. The van der Waals surface area contributed by atoms with Crippen LogP contribution in [0, 0.1) is 11.8 Å². The Morgan fingerprint density at radius 1 is 0.563 bits per heavy atom. The number of nitrogens with zero attached hydrogens (tertiary/aromatic N) is 3. The third-order valence-corrected chi connectivity index (χ3v) is 14.0. The van der Waals surface area contributed by atoms with E-state index in [1.807, 2.05) is 0 Å². The van der Waals surface area contributed by atoms with Gasteiger partial charge in [0.05, 0.1) is 12.5 Å². The number of carboxylic acid groups (broad SMARTS) is 4.